The summed E-state index contributed by atoms with van der Waals surface area (Å²) in [5.74, 6) is -0.722. The maximum Gasteiger partial charge on any atom is 0.433 e. The zero-order valence-electron chi connectivity index (χ0n) is 16.9. The zero-order valence-corrected chi connectivity index (χ0v) is 16.9. The predicted octanol–water partition coefficient (Wildman–Crippen LogP) is 3.52. The SMILES string of the molecule is O=C(NC1CC=C(N2NC(c3cc#cnc3)C=C2C(F)(F)F)C=N1)c1ccc(C(F)(F)F)nc1. The van der Waals surface area contributed by atoms with Crippen molar-refractivity contribution in [3.05, 3.63) is 83.2 Å². The molecule has 0 saturated heterocycles. The van der Waals surface area contributed by atoms with Gasteiger partial charge in [0.1, 0.15) is 17.6 Å². The molecule has 2 unspecified atom stereocenters. The summed E-state index contributed by atoms with van der Waals surface area (Å²) < 4.78 is 78.6. The smallest absolute Gasteiger partial charge is 0.330 e. The highest BCUT2D eigenvalue weighted by Crippen LogP contribution is 2.37. The normalized spacial score (nSPS) is 20.5. The van der Waals surface area contributed by atoms with Gasteiger partial charge in [0.15, 0.2) is 0 Å². The number of carbonyl (C=O) groups is 1. The van der Waals surface area contributed by atoms with Crippen molar-refractivity contribution in [2.75, 3.05) is 0 Å². The quantitative estimate of drug-likeness (QED) is 0.655. The van der Waals surface area contributed by atoms with Crippen LogP contribution in [-0.4, -0.2) is 39.4 Å². The molecular weight excluding hydrogens is 466 g/mol. The topological polar surface area (TPSA) is 82.5 Å². The largest absolute Gasteiger partial charge is 0.433 e. The number of dihydropyridines is 1. The van der Waals surface area contributed by atoms with E-state index >= 15 is 0 Å². The van der Waals surface area contributed by atoms with Gasteiger partial charge in [-0.05, 0) is 30.3 Å². The van der Waals surface area contributed by atoms with Crippen molar-refractivity contribution < 1.29 is 31.1 Å². The number of hydrazine groups is 1. The molecule has 0 aromatic carbocycles. The lowest BCUT2D eigenvalue weighted by Gasteiger charge is -2.28. The average molecular weight is 480 g/mol. The van der Waals surface area contributed by atoms with Gasteiger partial charge < -0.3 is 5.32 Å². The summed E-state index contributed by atoms with van der Waals surface area (Å²) in [5, 5.41) is 3.34. The first-order chi connectivity index (χ1) is 16.0. The van der Waals surface area contributed by atoms with Crippen LogP contribution in [0.15, 0.2) is 59.1 Å². The Hall–Kier alpha value is -3.92. The van der Waals surface area contributed by atoms with Crippen molar-refractivity contribution in [1.82, 2.24) is 25.7 Å². The third kappa shape index (κ3) is 5.01. The lowest BCUT2D eigenvalue weighted by Crippen LogP contribution is -2.40. The molecule has 2 aromatic heterocycles. The van der Waals surface area contributed by atoms with Crippen LogP contribution in [-0.2, 0) is 6.18 Å². The van der Waals surface area contributed by atoms with Crippen LogP contribution < -0.4 is 10.7 Å². The summed E-state index contributed by atoms with van der Waals surface area (Å²) in [6, 6.07) is 4.89. The number of nitrogens with zero attached hydrogens (tertiary/aromatic N) is 4. The molecule has 2 aliphatic heterocycles. The number of aromatic nitrogens is 2. The van der Waals surface area contributed by atoms with Gasteiger partial charge in [-0.1, -0.05) is 6.08 Å². The number of halogens is 6. The van der Waals surface area contributed by atoms with Crippen LogP contribution in [0.3, 0.4) is 0 Å². The van der Waals surface area contributed by atoms with Crippen molar-refractivity contribution in [2.45, 2.75) is 31.0 Å². The lowest BCUT2D eigenvalue weighted by atomic mass is 10.1. The second-order valence-electron chi connectivity index (χ2n) is 7.21. The minimum Gasteiger partial charge on any atom is -0.330 e. The molecule has 7 nitrogen and oxygen atoms in total. The fraction of sp³-hybridized carbons (Fsp3) is 0.238. The van der Waals surface area contributed by atoms with Gasteiger partial charge >= 0.3 is 12.4 Å². The second kappa shape index (κ2) is 8.79. The molecule has 0 saturated carbocycles. The molecule has 2 N–H and O–H groups in total. The molecular formula is C21H14F6N6O. The Morgan fingerprint density at radius 1 is 1.15 bits per heavy atom. The van der Waals surface area contributed by atoms with Crippen LogP contribution in [0.1, 0.15) is 34.1 Å². The van der Waals surface area contributed by atoms with E-state index < -0.39 is 41.9 Å². The Kier molecular flexibility index (Phi) is 6.01. The van der Waals surface area contributed by atoms with Crippen molar-refractivity contribution in [2.24, 2.45) is 4.99 Å². The number of hydrogen-bond acceptors (Lipinski definition) is 6. The Morgan fingerprint density at radius 3 is 2.50 bits per heavy atom. The lowest BCUT2D eigenvalue weighted by molar-refractivity contribution is -0.141. The number of alkyl halides is 6. The molecule has 2 atom stereocenters. The van der Waals surface area contributed by atoms with Gasteiger partial charge in [0.25, 0.3) is 5.91 Å². The summed E-state index contributed by atoms with van der Waals surface area (Å²) >= 11 is 0. The van der Waals surface area contributed by atoms with Gasteiger partial charge in [-0.15, -0.1) is 0 Å². The molecule has 0 bridgehead atoms. The molecule has 0 aliphatic carbocycles. The van der Waals surface area contributed by atoms with Crippen LogP contribution in [0.2, 0.25) is 0 Å². The Morgan fingerprint density at radius 2 is 1.94 bits per heavy atom. The van der Waals surface area contributed by atoms with E-state index in [1.807, 2.05) is 0 Å². The summed E-state index contributed by atoms with van der Waals surface area (Å²) in [6.07, 6.45) is -1.86. The molecule has 2 aromatic rings. The molecule has 2 aliphatic rings. The van der Waals surface area contributed by atoms with Crippen molar-refractivity contribution in [1.29, 1.82) is 0 Å². The summed E-state index contributed by atoms with van der Waals surface area (Å²) in [7, 11) is 0. The monoisotopic (exact) mass is 480 g/mol. The number of hydrogen-bond donors (Lipinski definition) is 2. The second-order valence-corrected chi connectivity index (χ2v) is 7.21. The molecule has 0 spiro atoms. The standard InChI is InChI=1S/C21H14F6N6O/c22-20(23,24)16-5-3-13(10-29-16)19(34)31-18-6-4-14(11-30-18)33-17(21(25,26)27)8-15(32-33)12-2-1-7-28-9-12/h2-5,8-11,15,18,32H,6H2,(H,31,34). The number of rotatable bonds is 4. The van der Waals surface area contributed by atoms with Crippen LogP contribution in [0.25, 0.3) is 0 Å². The van der Waals surface area contributed by atoms with E-state index in [2.05, 4.69) is 38.0 Å². The van der Waals surface area contributed by atoms with E-state index in [0.717, 1.165) is 29.6 Å². The summed E-state index contributed by atoms with van der Waals surface area (Å²) in [6.45, 7) is 0. The highest BCUT2D eigenvalue weighted by atomic mass is 19.4. The fourth-order valence-electron chi connectivity index (χ4n) is 3.24. The summed E-state index contributed by atoms with van der Waals surface area (Å²) in [5.41, 5.74) is 1.09. The van der Waals surface area contributed by atoms with Gasteiger partial charge in [-0.25, -0.2) is 10.4 Å². The first kappa shape index (κ1) is 23.2. The number of pyridine rings is 1. The van der Waals surface area contributed by atoms with Gasteiger partial charge in [-0.3, -0.25) is 19.8 Å². The molecule has 4 heterocycles. The average Bonchev–Trinajstić information content (AvgIpc) is 3.26. The fourth-order valence-corrected chi connectivity index (χ4v) is 3.24. The zero-order chi connectivity index (χ0) is 24.5. The maximum absolute atomic E-state index is 13.6. The Labute approximate surface area is 188 Å². The highest BCUT2D eigenvalue weighted by Gasteiger charge is 2.43. The van der Waals surface area contributed by atoms with Gasteiger partial charge in [0.2, 0.25) is 0 Å². The van der Waals surface area contributed by atoms with Crippen molar-refractivity contribution in [3.63, 3.8) is 0 Å². The van der Waals surface area contributed by atoms with Crippen LogP contribution in [0.5, 0.6) is 0 Å². The van der Waals surface area contributed by atoms with Gasteiger partial charge in [-0.2, -0.15) is 26.3 Å². The minimum atomic E-state index is -4.66. The first-order valence-corrected chi connectivity index (χ1v) is 9.69. The Balaban J connectivity index is 1.43. The van der Waals surface area contributed by atoms with E-state index in [1.165, 1.54) is 18.3 Å². The van der Waals surface area contributed by atoms with Crippen molar-refractivity contribution >= 4 is 12.1 Å². The molecule has 176 valence electrons. The van der Waals surface area contributed by atoms with E-state index in [-0.39, 0.29) is 17.7 Å². The number of carbonyl (C=O) groups excluding carboxylic acids is 1. The van der Waals surface area contributed by atoms with E-state index in [4.69, 9.17) is 0 Å². The highest BCUT2D eigenvalue weighted by molar-refractivity contribution is 5.94. The van der Waals surface area contributed by atoms with Crippen molar-refractivity contribution in [3.8, 4) is 0 Å². The van der Waals surface area contributed by atoms with E-state index in [1.54, 1.807) is 0 Å². The van der Waals surface area contributed by atoms with Crippen LogP contribution in [0, 0.1) is 12.3 Å². The molecule has 13 heteroatoms. The molecule has 4 rings (SSSR count). The van der Waals surface area contributed by atoms with Gasteiger partial charge in [0, 0.05) is 36.8 Å². The number of aliphatic imine (C=N–C) groups is 1. The number of amides is 1. The molecule has 0 radical (unpaired) electrons. The van der Waals surface area contributed by atoms with Gasteiger partial charge in [0.05, 0.1) is 17.3 Å². The number of allylic oxidation sites excluding steroid dienone is 2. The Bertz CT molecular complexity index is 1140. The molecule has 0 fully saturated rings. The third-order valence-electron chi connectivity index (χ3n) is 4.87. The predicted molar refractivity (Wildman–Crippen MR) is 105 cm³/mol. The molecule has 1 amide bonds. The van der Waals surface area contributed by atoms with Crippen LogP contribution >= 0.6 is 0 Å². The summed E-state index contributed by atoms with van der Waals surface area (Å²) in [4.78, 5) is 23.3. The van der Waals surface area contributed by atoms with E-state index in [9.17, 15) is 31.1 Å². The maximum atomic E-state index is 13.6. The number of nitrogens with one attached hydrogen (secondary N) is 2. The first-order valence-electron chi connectivity index (χ1n) is 9.69. The minimum absolute atomic E-state index is 0.0508. The molecule has 34 heavy (non-hydrogen) atoms. The van der Waals surface area contributed by atoms with E-state index in [0.29, 0.717) is 11.6 Å². The van der Waals surface area contributed by atoms with Crippen LogP contribution in [0.4, 0.5) is 26.3 Å². The third-order valence-corrected chi connectivity index (χ3v) is 4.87.